The summed E-state index contributed by atoms with van der Waals surface area (Å²) >= 11 is 0. The van der Waals surface area contributed by atoms with Crippen LogP contribution in [0.4, 0.5) is 13.6 Å². The number of ether oxygens (including phenoxy) is 1. The second kappa shape index (κ2) is 12.0. The van der Waals surface area contributed by atoms with Crippen LogP contribution >= 0.6 is 0 Å². The van der Waals surface area contributed by atoms with Crippen LogP contribution in [0.15, 0.2) is 97.2 Å². The van der Waals surface area contributed by atoms with Gasteiger partial charge in [0.1, 0.15) is 17.4 Å². The number of hydrogen-bond acceptors (Lipinski definition) is 2. The minimum atomic E-state index is -0.700. The number of nitrogens with zero attached hydrogens (tertiary/aromatic N) is 2. The van der Waals surface area contributed by atoms with E-state index in [-0.39, 0.29) is 5.75 Å². The van der Waals surface area contributed by atoms with Gasteiger partial charge in [-0.1, -0.05) is 66.7 Å². The first-order valence-corrected chi connectivity index (χ1v) is 13.3. The van der Waals surface area contributed by atoms with Crippen LogP contribution in [0.25, 0.3) is 34.2 Å². The number of amides is 1. The maximum Gasteiger partial charge on any atom is 0.415 e. The summed E-state index contributed by atoms with van der Waals surface area (Å²) in [5.41, 5.74) is 4.97. The highest BCUT2D eigenvalue weighted by atomic mass is 19.1. The Balaban J connectivity index is 1.47. The molecule has 5 aromatic rings. The Hall–Kier alpha value is -4.71. The standard InChI is InChI=1S/C34H30F2N2O2/c1-3-37(4-2)34(39)40-32-17-16-31-30(33(32)27-20-28(35)22-29(36)21-27)18-19-38(31)23-26-14-12-25(13-15-26)11-10-24-8-6-5-7-9-24/h5-22H,3-4,23H2,1-2H3/b11-10+. The summed E-state index contributed by atoms with van der Waals surface area (Å²) < 4.78 is 36.3. The van der Waals surface area contributed by atoms with Crippen molar-refractivity contribution < 1.29 is 18.3 Å². The van der Waals surface area contributed by atoms with Crippen LogP contribution < -0.4 is 4.74 Å². The predicted molar refractivity (Wildman–Crippen MR) is 157 cm³/mol. The molecule has 0 atom stereocenters. The molecule has 1 heterocycles. The second-order valence-electron chi connectivity index (χ2n) is 9.50. The second-order valence-corrected chi connectivity index (χ2v) is 9.50. The molecule has 0 saturated heterocycles. The fourth-order valence-electron chi connectivity index (χ4n) is 4.80. The molecule has 0 aliphatic heterocycles. The number of benzene rings is 4. The van der Waals surface area contributed by atoms with E-state index in [9.17, 15) is 13.6 Å². The molecule has 0 radical (unpaired) electrons. The highest BCUT2D eigenvalue weighted by Gasteiger charge is 2.20. The molecular formula is C34H30F2N2O2. The largest absolute Gasteiger partial charge is 0.415 e. The number of aromatic nitrogens is 1. The number of carbonyl (C=O) groups excluding carboxylic acids is 1. The van der Waals surface area contributed by atoms with E-state index < -0.39 is 17.7 Å². The van der Waals surface area contributed by atoms with Gasteiger partial charge < -0.3 is 14.2 Å². The Morgan fingerprint density at radius 2 is 1.48 bits per heavy atom. The van der Waals surface area contributed by atoms with Crippen molar-refractivity contribution in [3.05, 3.63) is 126 Å². The van der Waals surface area contributed by atoms with E-state index in [1.807, 2.05) is 50.4 Å². The fourth-order valence-corrected chi connectivity index (χ4v) is 4.80. The van der Waals surface area contributed by atoms with Gasteiger partial charge in [0.2, 0.25) is 0 Å². The Kier molecular flexibility index (Phi) is 8.06. The molecule has 0 aliphatic rings. The van der Waals surface area contributed by atoms with Crippen molar-refractivity contribution in [2.24, 2.45) is 0 Å². The molecule has 0 spiro atoms. The average Bonchev–Trinajstić information content (AvgIpc) is 3.35. The van der Waals surface area contributed by atoms with Crippen LogP contribution in [-0.4, -0.2) is 28.6 Å². The third kappa shape index (κ3) is 5.96. The van der Waals surface area contributed by atoms with Crippen molar-refractivity contribution in [2.75, 3.05) is 13.1 Å². The molecule has 0 bridgehead atoms. The first-order chi connectivity index (χ1) is 19.4. The van der Waals surface area contributed by atoms with Crippen molar-refractivity contribution in [3.63, 3.8) is 0 Å². The molecule has 40 heavy (non-hydrogen) atoms. The summed E-state index contributed by atoms with van der Waals surface area (Å²) in [7, 11) is 0. The van der Waals surface area contributed by atoms with Gasteiger partial charge in [0.05, 0.1) is 0 Å². The van der Waals surface area contributed by atoms with E-state index in [1.54, 1.807) is 11.0 Å². The Morgan fingerprint density at radius 1 is 0.825 bits per heavy atom. The lowest BCUT2D eigenvalue weighted by Gasteiger charge is -2.20. The summed E-state index contributed by atoms with van der Waals surface area (Å²) in [5, 5.41) is 0.734. The minimum Gasteiger partial charge on any atom is -0.410 e. The van der Waals surface area contributed by atoms with Gasteiger partial charge in [0.25, 0.3) is 0 Å². The first kappa shape index (κ1) is 26.9. The van der Waals surface area contributed by atoms with Crippen LogP contribution in [0.2, 0.25) is 0 Å². The molecule has 0 saturated carbocycles. The zero-order valence-corrected chi connectivity index (χ0v) is 22.5. The van der Waals surface area contributed by atoms with Crippen LogP contribution in [0.3, 0.4) is 0 Å². The number of fused-ring (bicyclic) bond motifs is 1. The highest BCUT2D eigenvalue weighted by Crippen LogP contribution is 2.39. The molecular weight excluding hydrogens is 506 g/mol. The van der Waals surface area contributed by atoms with Gasteiger partial charge >= 0.3 is 6.09 Å². The zero-order valence-electron chi connectivity index (χ0n) is 22.5. The van der Waals surface area contributed by atoms with E-state index >= 15 is 0 Å². The summed E-state index contributed by atoms with van der Waals surface area (Å²) in [6, 6.07) is 27.2. The minimum absolute atomic E-state index is 0.252. The average molecular weight is 537 g/mol. The maximum absolute atomic E-state index is 14.3. The van der Waals surface area contributed by atoms with E-state index in [4.69, 9.17) is 4.74 Å². The number of halogens is 2. The summed E-state index contributed by atoms with van der Waals surface area (Å²) in [6.07, 6.45) is 5.58. The molecule has 1 amide bonds. The maximum atomic E-state index is 14.3. The van der Waals surface area contributed by atoms with Crippen molar-refractivity contribution in [2.45, 2.75) is 20.4 Å². The van der Waals surface area contributed by atoms with Gasteiger partial charge in [0, 0.05) is 48.4 Å². The molecule has 0 aliphatic carbocycles. The summed E-state index contributed by atoms with van der Waals surface area (Å²) in [6.45, 7) is 5.30. The van der Waals surface area contributed by atoms with Crippen LogP contribution in [0, 0.1) is 11.6 Å². The van der Waals surface area contributed by atoms with E-state index in [2.05, 4.69) is 53.1 Å². The van der Waals surface area contributed by atoms with E-state index in [1.165, 1.54) is 12.1 Å². The molecule has 1 aromatic heterocycles. The van der Waals surface area contributed by atoms with E-state index in [0.29, 0.717) is 30.8 Å². The van der Waals surface area contributed by atoms with Gasteiger partial charge in [-0.05, 0) is 66.4 Å². The predicted octanol–water partition coefficient (Wildman–Crippen LogP) is 8.65. The molecule has 4 aromatic carbocycles. The SMILES string of the molecule is CCN(CC)C(=O)Oc1ccc2c(ccn2Cc2ccc(/C=C/c3ccccc3)cc2)c1-c1cc(F)cc(F)c1. The van der Waals surface area contributed by atoms with Crippen molar-refractivity contribution >= 4 is 29.1 Å². The Bertz CT molecular complexity index is 1630. The summed E-state index contributed by atoms with van der Waals surface area (Å²) in [5.74, 6) is -1.15. The van der Waals surface area contributed by atoms with Crippen LogP contribution in [0.1, 0.15) is 30.5 Å². The number of carbonyl (C=O) groups is 1. The number of rotatable bonds is 8. The quantitative estimate of drug-likeness (QED) is 0.186. The van der Waals surface area contributed by atoms with Crippen LogP contribution in [0.5, 0.6) is 5.75 Å². The lowest BCUT2D eigenvalue weighted by molar-refractivity contribution is 0.157. The lowest BCUT2D eigenvalue weighted by atomic mass is 10.00. The van der Waals surface area contributed by atoms with Crippen molar-refractivity contribution in [3.8, 4) is 16.9 Å². The highest BCUT2D eigenvalue weighted by molar-refractivity contribution is 5.99. The van der Waals surface area contributed by atoms with Gasteiger partial charge in [-0.3, -0.25) is 0 Å². The molecule has 6 heteroatoms. The molecule has 202 valence electrons. The lowest BCUT2D eigenvalue weighted by Crippen LogP contribution is -2.33. The first-order valence-electron chi connectivity index (χ1n) is 13.3. The summed E-state index contributed by atoms with van der Waals surface area (Å²) in [4.78, 5) is 14.3. The monoisotopic (exact) mass is 536 g/mol. The molecule has 5 rings (SSSR count). The number of hydrogen-bond donors (Lipinski definition) is 0. The molecule has 0 fully saturated rings. The Labute approximate surface area is 232 Å². The van der Waals surface area contributed by atoms with Gasteiger partial charge in [0.15, 0.2) is 0 Å². The normalized spacial score (nSPS) is 11.3. The smallest absolute Gasteiger partial charge is 0.410 e. The molecule has 0 unspecified atom stereocenters. The van der Waals surface area contributed by atoms with Crippen molar-refractivity contribution in [1.82, 2.24) is 9.47 Å². The third-order valence-electron chi connectivity index (χ3n) is 6.89. The third-order valence-corrected chi connectivity index (χ3v) is 6.89. The van der Waals surface area contributed by atoms with Crippen molar-refractivity contribution in [1.29, 1.82) is 0 Å². The molecule has 4 nitrogen and oxygen atoms in total. The van der Waals surface area contributed by atoms with Gasteiger partial charge in [-0.25, -0.2) is 13.6 Å². The topological polar surface area (TPSA) is 34.5 Å². The van der Waals surface area contributed by atoms with Gasteiger partial charge in [-0.15, -0.1) is 0 Å². The molecule has 0 N–H and O–H groups in total. The Morgan fingerprint density at radius 3 is 2.12 bits per heavy atom. The fraction of sp³-hybridized carbons (Fsp3) is 0.147. The van der Waals surface area contributed by atoms with Gasteiger partial charge in [-0.2, -0.15) is 0 Å². The van der Waals surface area contributed by atoms with E-state index in [0.717, 1.165) is 33.7 Å². The van der Waals surface area contributed by atoms with Crippen LogP contribution in [-0.2, 0) is 6.54 Å². The zero-order chi connectivity index (χ0) is 28.1.